The number of anilines is 2. The molecule has 1 saturated carbocycles. The second kappa shape index (κ2) is 4.26. The Kier molecular flexibility index (Phi) is 2.74. The Morgan fingerprint density at radius 1 is 1.29 bits per heavy atom. The largest absolute Gasteiger partial charge is 0.399 e. The molecule has 0 saturated heterocycles. The van der Waals surface area contributed by atoms with Crippen LogP contribution in [0.25, 0.3) is 0 Å². The van der Waals surface area contributed by atoms with Crippen molar-refractivity contribution in [3.05, 3.63) is 18.2 Å². The van der Waals surface area contributed by atoms with E-state index in [9.17, 15) is 4.79 Å². The molecular weight excluding hydrogens is 232 g/mol. The Balaban J connectivity index is 1.88. The molecule has 1 amide bonds. The van der Waals surface area contributed by atoms with E-state index in [0.29, 0.717) is 5.92 Å². The Morgan fingerprint density at radius 3 is 2.82 bits per heavy atom. The summed E-state index contributed by atoms with van der Waals surface area (Å²) in [6.45, 7) is 0. The molecule has 0 bridgehead atoms. The maximum atomic E-state index is 12.1. The van der Waals surface area contributed by atoms with Gasteiger partial charge in [0.1, 0.15) is 0 Å². The van der Waals surface area contributed by atoms with Crippen LogP contribution in [-0.2, 0) is 4.79 Å². The van der Waals surface area contributed by atoms with Crippen molar-refractivity contribution in [3.63, 3.8) is 0 Å². The summed E-state index contributed by atoms with van der Waals surface area (Å²) < 4.78 is 0. The maximum absolute atomic E-state index is 12.1. The zero-order chi connectivity index (χ0) is 11.8. The normalized spacial score (nSPS) is 24.5. The van der Waals surface area contributed by atoms with Crippen molar-refractivity contribution in [2.75, 3.05) is 11.1 Å². The summed E-state index contributed by atoms with van der Waals surface area (Å²) in [5.74, 6) is 0.703. The summed E-state index contributed by atoms with van der Waals surface area (Å²) in [7, 11) is 0. The highest BCUT2D eigenvalue weighted by molar-refractivity contribution is 8.01. The SMILES string of the molecule is Nc1ccc2c(c1)SC(C1CCCC1)C(=O)N2. The number of nitrogen functional groups attached to an aromatic ring is 1. The molecular formula is C13H16N2OS. The zero-order valence-electron chi connectivity index (χ0n) is 9.61. The molecule has 1 aromatic rings. The lowest BCUT2D eigenvalue weighted by atomic mass is 10.0. The van der Waals surface area contributed by atoms with Gasteiger partial charge in [-0.25, -0.2) is 0 Å². The second-order valence-corrected chi connectivity index (χ2v) is 6.01. The number of rotatable bonds is 1. The number of fused-ring (bicyclic) bond motifs is 1. The first-order chi connectivity index (χ1) is 8.24. The van der Waals surface area contributed by atoms with Gasteiger partial charge in [0.2, 0.25) is 5.91 Å². The lowest BCUT2D eigenvalue weighted by molar-refractivity contribution is -0.116. The van der Waals surface area contributed by atoms with E-state index < -0.39 is 0 Å². The molecule has 17 heavy (non-hydrogen) atoms. The molecule has 3 rings (SSSR count). The standard InChI is InChI=1S/C13H16N2OS/c14-9-5-6-10-11(7-9)17-12(13(16)15-10)8-3-1-2-4-8/h5-8,12H,1-4,14H2,(H,15,16). The molecule has 0 aromatic heterocycles. The van der Waals surface area contributed by atoms with E-state index in [1.807, 2.05) is 18.2 Å². The van der Waals surface area contributed by atoms with Gasteiger partial charge in [-0.1, -0.05) is 12.8 Å². The number of hydrogen-bond acceptors (Lipinski definition) is 3. The predicted octanol–water partition coefficient (Wildman–Crippen LogP) is 2.87. The van der Waals surface area contributed by atoms with E-state index in [1.54, 1.807) is 11.8 Å². The average molecular weight is 248 g/mol. The third-order valence-corrected chi connectivity index (χ3v) is 5.05. The average Bonchev–Trinajstić information content (AvgIpc) is 2.82. The minimum absolute atomic E-state index is 0.0757. The molecule has 0 radical (unpaired) electrons. The van der Waals surface area contributed by atoms with Crippen molar-refractivity contribution in [3.8, 4) is 0 Å². The summed E-state index contributed by atoms with van der Waals surface area (Å²) >= 11 is 1.68. The van der Waals surface area contributed by atoms with Gasteiger partial charge in [-0.3, -0.25) is 4.79 Å². The molecule has 1 unspecified atom stereocenters. The zero-order valence-corrected chi connectivity index (χ0v) is 10.4. The smallest absolute Gasteiger partial charge is 0.238 e. The molecule has 2 aliphatic rings. The minimum Gasteiger partial charge on any atom is -0.399 e. The highest BCUT2D eigenvalue weighted by atomic mass is 32.2. The Morgan fingerprint density at radius 2 is 2.06 bits per heavy atom. The first kappa shape index (κ1) is 11.0. The maximum Gasteiger partial charge on any atom is 0.238 e. The molecule has 1 aliphatic heterocycles. The van der Waals surface area contributed by atoms with E-state index in [4.69, 9.17) is 5.73 Å². The van der Waals surface area contributed by atoms with Crippen LogP contribution in [0, 0.1) is 5.92 Å². The van der Waals surface area contributed by atoms with E-state index in [2.05, 4.69) is 5.32 Å². The first-order valence-electron chi connectivity index (χ1n) is 6.11. The third kappa shape index (κ3) is 2.02. The van der Waals surface area contributed by atoms with Gasteiger partial charge in [-0.15, -0.1) is 11.8 Å². The molecule has 1 heterocycles. The second-order valence-electron chi connectivity index (χ2n) is 4.83. The van der Waals surface area contributed by atoms with Gasteiger partial charge in [-0.05, 0) is 37.0 Å². The fourth-order valence-corrected chi connectivity index (χ4v) is 4.06. The molecule has 0 spiro atoms. The van der Waals surface area contributed by atoms with Gasteiger partial charge in [0.25, 0.3) is 0 Å². The molecule has 1 fully saturated rings. The van der Waals surface area contributed by atoms with Crippen molar-refractivity contribution >= 4 is 29.0 Å². The molecule has 3 nitrogen and oxygen atoms in total. The fraction of sp³-hybridized carbons (Fsp3) is 0.462. The minimum atomic E-state index is 0.0757. The Hall–Kier alpha value is -1.16. The first-order valence-corrected chi connectivity index (χ1v) is 6.99. The number of amides is 1. The molecule has 1 aromatic carbocycles. The number of nitrogens with two attached hydrogens (primary N) is 1. The van der Waals surface area contributed by atoms with Crippen LogP contribution >= 0.6 is 11.8 Å². The number of hydrogen-bond donors (Lipinski definition) is 2. The third-order valence-electron chi connectivity index (χ3n) is 3.60. The molecule has 3 N–H and O–H groups in total. The van der Waals surface area contributed by atoms with Crippen LogP contribution in [-0.4, -0.2) is 11.2 Å². The summed E-state index contributed by atoms with van der Waals surface area (Å²) in [6.07, 6.45) is 4.89. The Bertz CT molecular complexity index is 455. The molecule has 90 valence electrons. The van der Waals surface area contributed by atoms with Gasteiger partial charge in [-0.2, -0.15) is 0 Å². The number of nitrogens with one attached hydrogen (secondary N) is 1. The van der Waals surface area contributed by atoms with E-state index in [0.717, 1.165) is 16.3 Å². The predicted molar refractivity (Wildman–Crippen MR) is 71.1 cm³/mol. The van der Waals surface area contributed by atoms with E-state index in [1.165, 1.54) is 25.7 Å². The van der Waals surface area contributed by atoms with Crippen LogP contribution in [0.5, 0.6) is 0 Å². The lowest BCUT2D eigenvalue weighted by Gasteiger charge is -2.28. The molecule has 1 aliphatic carbocycles. The van der Waals surface area contributed by atoms with Gasteiger partial charge in [0.05, 0.1) is 10.9 Å². The van der Waals surface area contributed by atoms with Gasteiger partial charge in [0, 0.05) is 10.6 Å². The van der Waals surface area contributed by atoms with Crippen molar-refractivity contribution < 1.29 is 4.79 Å². The molecule has 4 heteroatoms. The van der Waals surface area contributed by atoms with Crippen LogP contribution in [0.4, 0.5) is 11.4 Å². The summed E-state index contributed by atoms with van der Waals surface area (Å²) in [4.78, 5) is 13.2. The lowest BCUT2D eigenvalue weighted by Crippen LogP contribution is -2.33. The van der Waals surface area contributed by atoms with Crippen molar-refractivity contribution in [2.24, 2.45) is 5.92 Å². The monoisotopic (exact) mass is 248 g/mol. The topological polar surface area (TPSA) is 55.1 Å². The van der Waals surface area contributed by atoms with Crippen LogP contribution in [0.3, 0.4) is 0 Å². The number of benzene rings is 1. The van der Waals surface area contributed by atoms with E-state index >= 15 is 0 Å². The fourth-order valence-electron chi connectivity index (χ4n) is 2.70. The van der Waals surface area contributed by atoms with Crippen molar-refractivity contribution in [2.45, 2.75) is 35.8 Å². The number of thioether (sulfide) groups is 1. The highest BCUT2D eigenvalue weighted by Gasteiger charge is 2.35. The van der Waals surface area contributed by atoms with Crippen LogP contribution < -0.4 is 11.1 Å². The Labute approximate surface area is 105 Å². The quantitative estimate of drug-likeness (QED) is 0.751. The number of carbonyl (C=O) groups excluding carboxylic acids is 1. The summed E-state index contributed by atoms with van der Waals surface area (Å²) in [6, 6.07) is 5.68. The van der Waals surface area contributed by atoms with Gasteiger partial charge < -0.3 is 11.1 Å². The van der Waals surface area contributed by atoms with Gasteiger partial charge >= 0.3 is 0 Å². The van der Waals surface area contributed by atoms with Crippen LogP contribution in [0.2, 0.25) is 0 Å². The van der Waals surface area contributed by atoms with Crippen molar-refractivity contribution in [1.82, 2.24) is 0 Å². The molecule has 1 atom stereocenters. The van der Waals surface area contributed by atoms with Crippen molar-refractivity contribution in [1.29, 1.82) is 0 Å². The highest BCUT2D eigenvalue weighted by Crippen LogP contribution is 2.43. The van der Waals surface area contributed by atoms with Crippen LogP contribution in [0.1, 0.15) is 25.7 Å². The summed E-state index contributed by atoms with van der Waals surface area (Å²) in [5.41, 5.74) is 7.46. The van der Waals surface area contributed by atoms with E-state index in [-0.39, 0.29) is 11.2 Å². The van der Waals surface area contributed by atoms with Crippen LogP contribution in [0.15, 0.2) is 23.1 Å². The number of carbonyl (C=O) groups is 1. The summed E-state index contributed by atoms with van der Waals surface area (Å²) in [5, 5.41) is 3.07. The van der Waals surface area contributed by atoms with Gasteiger partial charge in [0.15, 0.2) is 0 Å².